The number of aromatic nitrogens is 1. The first-order chi connectivity index (χ1) is 9.04. The summed E-state index contributed by atoms with van der Waals surface area (Å²) in [6, 6.07) is 3.36. The number of carbonyl (C=O) groups excluding carboxylic acids is 1. The third-order valence-corrected chi connectivity index (χ3v) is 3.86. The Labute approximate surface area is 113 Å². The highest BCUT2D eigenvalue weighted by Gasteiger charge is 2.30. The van der Waals surface area contributed by atoms with Gasteiger partial charge >= 0.3 is 0 Å². The van der Waals surface area contributed by atoms with Crippen LogP contribution in [0.15, 0.2) is 23.1 Å². The lowest BCUT2D eigenvalue weighted by Gasteiger charge is -2.37. The minimum atomic E-state index is -0.248. The van der Waals surface area contributed by atoms with E-state index in [1.54, 1.807) is 30.3 Å². The molecule has 1 aliphatic heterocycles. The Morgan fingerprint density at radius 2 is 2.26 bits per heavy atom. The molecule has 1 fully saturated rings. The van der Waals surface area contributed by atoms with Crippen molar-refractivity contribution in [1.82, 2.24) is 9.47 Å². The molecule has 5 heteroatoms. The molecule has 1 saturated heterocycles. The molecule has 2 heterocycles. The van der Waals surface area contributed by atoms with Gasteiger partial charge in [0.15, 0.2) is 0 Å². The maximum atomic E-state index is 12.5. The summed E-state index contributed by atoms with van der Waals surface area (Å²) in [5.41, 5.74) is 5.75. The Kier molecular flexibility index (Phi) is 4.04. The predicted octanol–water partition coefficient (Wildman–Crippen LogP) is 0.585. The first-order valence-corrected chi connectivity index (χ1v) is 6.71. The summed E-state index contributed by atoms with van der Waals surface area (Å²) >= 11 is 0. The van der Waals surface area contributed by atoms with Gasteiger partial charge in [-0.15, -0.1) is 0 Å². The highest BCUT2D eigenvalue weighted by atomic mass is 16.2. The van der Waals surface area contributed by atoms with Crippen molar-refractivity contribution >= 4 is 5.91 Å². The first kappa shape index (κ1) is 13.8. The van der Waals surface area contributed by atoms with Crippen LogP contribution < -0.4 is 11.3 Å². The number of hydrogen-bond acceptors (Lipinski definition) is 3. The fourth-order valence-corrected chi connectivity index (χ4v) is 2.66. The van der Waals surface area contributed by atoms with Crippen molar-refractivity contribution in [2.45, 2.75) is 25.8 Å². The van der Waals surface area contributed by atoms with Crippen molar-refractivity contribution in [3.8, 4) is 0 Å². The van der Waals surface area contributed by atoms with Crippen molar-refractivity contribution in [3.05, 3.63) is 34.2 Å². The minimum Gasteiger partial charge on any atom is -0.334 e. The molecule has 2 unspecified atom stereocenters. The number of nitrogens with two attached hydrogens (primary N) is 1. The number of carbonyl (C=O) groups is 1. The van der Waals surface area contributed by atoms with Crippen LogP contribution in [0.1, 0.15) is 30.1 Å². The Balaban J connectivity index is 2.28. The molecule has 104 valence electrons. The third kappa shape index (κ3) is 2.71. The summed E-state index contributed by atoms with van der Waals surface area (Å²) in [6.45, 7) is 3.30. The molecule has 1 aromatic rings. The zero-order valence-corrected chi connectivity index (χ0v) is 11.5. The molecule has 1 amide bonds. The van der Waals surface area contributed by atoms with Gasteiger partial charge in [0.05, 0.1) is 0 Å². The highest BCUT2D eigenvalue weighted by molar-refractivity contribution is 5.94. The maximum absolute atomic E-state index is 12.5. The number of aryl methyl sites for hydroxylation is 1. The van der Waals surface area contributed by atoms with E-state index in [-0.39, 0.29) is 23.1 Å². The number of piperidine rings is 1. The molecule has 0 spiro atoms. The number of hydrogen-bond donors (Lipinski definition) is 1. The van der Waals surface area contributed by atoms with Crippen LogP contribution in [0, 0.1) is 5.92 Å². The Bertz CT molecular complexity index is 524. The van der Waals surface area contributed by atoms with Crippen molar-refractivity contribution < 1.29 is 4.79 Å². The van der Waals surface area contributed by atoms with Gasteiger partial charge in [-0.3, -0.25) is 9.59 Å². The average molecular weight is 263 g/mol. The zero-order valence-electron chi connectivity index (χ0n) is 11.5. The highest BCUT2D eigenvalue weighted by Crippen LogP contribution is 2.22. The van der Waals surface area contributed by atoms with Crippen molar-refractivity contribution in [1.29, 1.82) is 0 Å². The molecule has 1 aromatic heterocycles. The van der Waals surface area contributed by atoms with Crippen LogP contribution in [0.5, 0.6) is 0 Å². The molecule has 0 saturated carbocycles. The average Bonchev–Trinajstić information content (AvgIpc) is 2.41. The Morgan fingerprint density at radius 3 is 2.95 bits per heavy atom. The van der Waals surface area contributed by atoms with E-state index in [0.29, 0.717) is 19.0 Å². The molecular formula is C14H21N3O2. The number of amides is 1. The summed E-state index contributed by atoms with van der Waals surface area (Å²) in [7, 11) is 1.65. The van der Waals surface area contributed by atoms with E-state index in [2.05, 4.69) is 6.92 Å². The summed E-state index contributed by atoms with van der Waals surface area (Å²) in [5.74, 6) is 0.389. The van der Waals surface area contributed by atoms with Crippen molar-refractivity contribution in [2.75, 3.05) is 13.1 Å². The third-order valence-electron chi connectivity index (χ3n) is 3.86. The maximum Gasteiger partial charge on any atom is 0.263 e. The van der Waals surface area contributed by atoms with Crippen molar-refractivity contribution in [3.63, 3.8) is 0 Å². The predicted molar refractivity (Wildman–Crippen MR) is 74.0 cm³/mol. The second-order valence-corrected chi connectivity index (χ2v) is 5.36. The van der Waals surface area contributed by atoms with Crippen LogP contribution in [-0.2, 0) is 7.05 Å². The first-order valence-electron chi connectivity index (χ1n) is 6.71. The Morgan fingerprint density at radius 1 is 1.53 bits per heavy atom. The lowest BCUT2D eigenvalue weighted by Crippen LogP contribution is -2.50. The van der Waals surface area contributed by atoms with Crippen LogP contribution >= 0.6 is 0 Å². The largest absolute Gasteiger partial charge is 0.334 e. The normalized spacial score (nSPS) is 23.4. The van der Waals surface area contributed by atoms with Crippen LogP contribution in [0.2, 0.25) is 0 Å². The van der Waals surface area contributed by atoms with Crippen LogP contribution in [0.4, 0.5) is 0 Å². The van der Waals surface area contributed by atoms with E-state index in [1.165, 1.54) is 4.57 Å². The number of pyridine rings is 1. The van der Waals surface area contributed by atoms with E-state index in [1.807, 2.05) is 0 Å². The molecule has 2 atom stereocenters. The van der Waals surface area contributed by atoms with Gasteiger partial charge in [-0.25, -0.2) is 0 Å². The number of nitrogens with zero attached hydrogens (tertiary/aromatic N) is 2. The van der Waals surface area contributed by atoms with Gasteiger partial charge in [-0.2, -0.15) is 0 Å². The van der Waals surface area contributed by atoms with Crippen LogP contribution in [0.25, 0.3) is 0 Å². The quantitative estimate of drug-likeness (QED) is 0.849. The summed E-state index contributed by atoms with van der Waals surface area (Å²) in [5, 5.41) is 0. The number of likely N-dealkylation sites (tertiary alicyclic amines) is 1. The minimum absolute atomic E-state index is 0.0427. The molecule has 5 nitrogen and oxygen atoms in total. The monoisotopic (exact) mass is 263 g/mol. The lowest BCUT2D eigenvalue weighted by molar-refractivity contribution is 0.0571. The van der Waals surface area contributed by atoms with E-state index in [0.717, 1.165) is 12.8 Å². The topological polar surface area (TPSA) is 68.3 Å². The van der Waals surface area contributed by atoms with Crippen LogP contribution in [0.3, 0.4) is 0 Å². The second kappa shape index (κ2) is 5.57. The summed E-state index contributed by atoms with van der Waals surface area (Å²) in [4.78, 5) is 26.3. The van der Waals surface area contributed by atoms with E-state index < -0.39 is 0 Å². The van der Waals surface area contributed by atoms with Gasteiger partial charge in [0.1, 0.15) is 5.56 Å². The number of rotatable bonds is 2. The zero-order chi connectivity index (χ0) is 14.0. The molecule has 0 bridgehead atoms. The van der Waals surface area contributed by atoms with Gasteiger partial charge in [0, 0.05) is 32.4 Å². The standard InChI is InChI=1S/C14H21N3O2/c1-10-5-7-17(11(8-10)9-15)14(19)12-4-3-6-16(2)13(12)18/h3-4,6,10-11H,5,7-9,15H2,1-2H3. The SMILES string of the molecule is CC1CCN(C(=O)c2cccn(C)c2=O)C(CN)C1. The summed E-state index contributed by atoms with van der Waals surface area (Å²) < 4.78 is 1.43. The molecule has 19 heavy (non-hydrogen) atoms. The van der Waals surface area contributed by atoms with Gasteiger partial charge < -0.3 is 15.2 Å². The van der Waals surface area contributed by atoms with Gasteiger partial charge in [0.25, 0.3) is 11.5 Å². The molecule has 1 aliphatic rings. The van der Waals surface area contributed by atoms with Crippen LogP contribution in [-0.4, -0.2) is 34.5 Å². The summed E-state index contributed by atoms with van der Waals surface area (Å²) in [6.07, 6.45) is 3.53. The van der Waals surface area contributed by atoms with E-state index >= 15 is 0 Å². The Hall–Kier alpha value is -1.62. The molecule has 2 N–H and O–H groups in total. The lowest BCUT2D eigenvalue weighted by atomic mass is 9.92. The van der Waals surface area contributed by atoms with Gasteiger partial charge in [-0.05, 0) is 30.9 Å². The van der Waals surface area contributed by atoms with Gasteiger partial charge in [0.2, 0.25) is 0 Å². The smallest absolute Gasteiger partial charge is 0.263 e. The van der Waals surface area contributed by atoms with E-state index in [9.17, 15) is 9.59 Å². The fourth-order valence-electron chi connectivity index (χ4n) is 2.66. The second-order valence-electron chi connectivity index (χ2n) is 5.36. The molecule has 0 radical (unpaired) electrons. The molecule has 2 rings (SSSR count). The van der Waals surface area contributed by atoms with E-state index in [4.69, 9.17) is 5.73 Å². The van der Waals surface area contributed by atoms with Crippen molar-refractivity contribution in [2.24, 2.45) is 18.7 Å². The molecule has 0 aliphatic carbocycles. The molecule has 0 aromatic carbocycles. The molecular weight excluding hydrogens is 242 g/mol. The fraction of sp³-hybridized carbons (Fsp3) is 0.571. The van der Waals surface area contributed by atoms with Gasteiger partial charge in [-0.1, -0.05) is 6.92 Å².